The molecule has 2 aromatic rings. The topological polar surface area (TPSA) is 67.2 Å². The van der Waals surface area contributed by atoms with Crippen molar-refractivity contribution in [3.63, 3.8) is 0 Å². The molecule has 0 saturated carbocycles. The zero-order valence-corrected chi connectivity index (χ0v) is 9.47. The first-order valence-electron chi connectivity index (χ1n) is 5.58. The van der Waals surface area contributed by atoms with Gasteiger partial charge in [-0.25, -0.2) is 4.98 Å². The summed E-state index contributed by atoms with van der Waals surface area (Å²) in [4.78, 5) is 15.6. The zero-order valence-electron chi connectivity index (χ0n) is 9.47. The van der Waals surface area contributed by atoms with Gasteiger partial charge in [-0.2, -0.15) is 0 Å². The second kappa shape index (κ2) is 5.45. The number of hydrogen-bond donors (Lipinski definition) is 2. The molecule has 0 fully saturated rings. The summed E-state index contributed by atoms with van der Waals surface area (Å²) in [5.41, 5.74) is 1.96. The van der Waals surface area contributed by atoms with Crippen LogP contribution in [0.15, 0.2) is 30.6 Å². The number of aryl methyl sites for hydroxylation is 1. The van der Waals surface area contributed by atoms with E-state index in [0.29, 0.717) is 19.5 Å². The summed E-state index contributed by atoms with van der Waals surface area (Å²) in [6.45, 7) is 0.876. The van der Waals surface area contributed by atoms with Crippen LogP contribution in [0, 0.1) is 0 Å². The van der Waals surface area contributed by atoms with Crippen molar-refractivity contribution in [2.24, 2.45) is 0 Å². The van der Waals surface area contributed by atoms with Crippen molar-refractivity contribution in [2.45, 2.75) is 13.0 Å². The van der Waals surface area contributed by atoms with Gasteiger partial charge < -0.3 is 15.0 Å². The molecular formula is C12H15N3O2. The average Bonchev–Trinajstić information content (AvgIpc) is 2.77. The van der Waals surface area contributed by atoms with Crippen molar-refractivity contribution < 1.29 is 9.90 Å². The smallest absolute Gasteiger partial charge is 0.221 e. The van der Waals surface area contributed by atoms with Gasteiger partial charge in [-0.15, -0.1) is 0 Å². The van der Waals surface area contributed by atoms with Gasteiger partial charge in [0.2, 0.25) is 5.91 Å². The molecular weight excluding hydrogens is 218 g/mol. The largest absolute Gasteiger partial charge is 0.395 e. The van der Waals surface area contributed by atoms with Crippen molar-refractivity contribution in [1.29, 1.82) is 0 Å². The first-order valence-corrected chi connectivity index (χ1v) is 5.58. The van der Waals surface area contributed by atoms with Crippen LogP contribution in [-0.4, -0.2) is 33.7 Å². The fourth-order valence-electron chi connectivity index (χ4n) is 1.69. The van der Waals surface area contributed by atoms with Crippen LogP contribution in [0.5, 0.6) is 0 Å². The number of hydrogen-bond acceptors (Lipinski definition) is 3. The van der Waals surface area contributed by atoms with Crippen molar-refractivity contribution in [1.82, 2.24) is 14.9 Å². The highest BCUT2D eigenvalue weighted by molar-refractivity contribution is 5.77. The Morgan fingerprint density at radius 1 is 1.41 bits per heavy atom. The summed E-state index contributed by atoms with van der Waals surface area (Å²) >= 11 is 0. The number of nitrogens with one attached hydrogen (secondary N) is 1. The Bertz CT molecular complexity index is 507. The third kappa shape index (κ3) is 2.82. The van der Waals surface area contributed by atoms with E-state index >= 15 is 0 Å². The number of carbonyl (C=O) groups excluding carboxylic acids is 1. The maximum absolute atomic E-state index is 11.4. The van der Waals surface area contributed by atoms with E-state index in [0.717, 1.165) is 11.0 Å². The van der Waals surface area contributed by atoms with E-state index in [-0.39, 0.29) is 12.5 Å². The van der Waals surface area contributed by atoms with Gasteiger partial charge in [-0.05, 0) is 12.1 Å². The minimum absolute atomic E-state index is 0.0280. The number of aliphatic hydroxyl groups is 1. The van der Waals surface area contributed by atoms with Crippen LogP contribution in [0.25, 0.3) is 11.0 Å². The number of imidazole rings is 1. The van der Waals surface area contributed by atoms with Crippen molar-refractivity contribution in [2.75, 3.05) is 13.2 Å². The second-order valence-corrected chi connectivity index (χ2v) is 3.75. The molecule has 90 valence electrons. The maximum atomic E-state index is 11.4. The third-order valence-electron chi connectivity index (χ3n) is 2.54. The van der Waals surface area contributed by atoms with Crippen LogP contribution < -0.4 is 5.32 Å². The molecule has 0 saturated heterocycles. The number of aromatic nitrogens is 2. The Hall–Kier alpha value is -1.88. The molecule has 2 rings (SSSR count). The minimum Gasteiger partial charge on any atom is -0.395 e. The van der Waals surface area contributed by atoms with Crippen molar-refractivity contribution >= 4 is 16.9 Å². The molecule has 1 aromatic heterocycles. The van der Waals surface area contributed by atoms with E-state index in [9.17, 15) is 4.79 Å². The van der Waals surface area contributed by atoms with Crippen LogP contribution in [0.4, 0.5) is 0 Å². The Kier molecular flexibility index (Phi) is 3.72. The van der Waals surface area contributed by atoms with E-state index in [1.54, 1.807) is 6.33 Å². The molecule has 0 radical (unpaired) electrons. The lowest BCUT2D eigenvalue weighted by molar-refractivity contribution is -0.121. The van der Waals surface area contributed by atoms with Crippen LogP contribution in [0.3, 0.4) is 0 Å². The first kappa shape index (κ1) is 11.6. The van der Waals surface area contributed by atoms with Gasteiger partial charge in [0.25, 0.3) is 0 Å². The van der Waals surface area contributed by atoms with Gasteiger partial charge in [0, 0.05) is 19.5 Å². The molecule has 5 heteroatoms. The summed E-state index contributed by atoms with van der Waals surface area (Å²) in [7, 11) is 0. The number of nitrogens with zero attached hydrogens (tertiary/aromatic N) is 2. The third-order valence-corrected chi connectivity index (χ3v) is 2.54. The molecule has 1 heterocycles. The number of carbonyl (C=O) groups is 1. The summed E-state index contributed by atoms with van der Waals surface area (Å²) in [5, 5.41) is 11.2. The quantitative estimate of drug-likeness (QED) is 0.791. The number of amides is 1. The van der Waals surface area contributed by atoms with E-state index in [2.05, 4.69) is 10.3 Å². The highest BCUT2D eigenvalue weighted by atomic mass is 16.3. The maximum Gasteiger partial charge on any atom is 0.221 e. The predicted molar refractivity (Wildman–Crippen MR) is 64.4 cm³/mol. The van der Waals surface area contributed by atoms with Crippen LogP contribution >= 0.6 is 0 Å². The summed E-state index contributed by atoms with van der Waals surface area (Å²) in [5.74, 6) is -0.0585. The highest BCUT2D eigenvalue weighted by Crippen LogP contribution is 2.11. The monoisotopic (exact) mass is 233 g/mol. The van der Waals surface area contributed by atoms with Crippen LogP contribution in [-0.2, 0) is 11.3 Å². The molecule has 2 N–H and O–H groups in total. The summed E-state index contributed by atoms with van der Waals surface area (Å²) in [6.07, 6.45) is 2.13. The molecule has 0 atom stereocenters. The molecule has 17 heavy (non-hydrogen) atoms. The molecule has 0 unspecified atom stereocenters. The normalized spacial score (nSPS) is 10.6. The number of benzene rings is 1. The highest BCUT2D eigenvalue weighted by Gasteiger charge is 2.04. The number of rotatable bonds is 5. The fourth-order valence-corrected chi connectivity index (χ4v) is 1.69. The van der Waals surface area contributed by atoms with Crippen LogP contribution in [0.2, 0.25) is 0 Å². The molecule has 0 aliphatic carbocycles. The first-order chi connectivity index (χ1) is 8.31. The Balaban J connectivity index is 1.97. The molecule has 1 amide bonds. The number of fused-ring (bicyclic) bond motifs is 1. The van der Waals surface area contributed by atoms with Gasteiger partial charge in [0.15, 0.2) is 0 Å². The second-order valence-electron chi connectivity index (χ2n) is 3.75. The number of aliphatic hydroxyl groups excluding tert-OH is 1. The lowest BCUT2D eigenvalue weighted by Gasteiger charge is -2.05. The van der Waals surface area contributed by atoms with Crippen LogP contribution in [0.1, 0.15) is 6.42 Å². The standard InChI is InChI=1S/C12H15N3O2/c16-8-6-13-12(17)5-7-15-9-14-10-3-1-2-4-11(10)15/h1-4,9,16H,5-8H2,(H,13,17). The SMILES string of the molecule is O=C(CCn1cnc2ccccc21)NCCO. The predicted octanol–water partition coefficient (Wildman–Crippen LogP) is 0.535. The van der Waals surface area contributed by atoms with Gasteiger partial charge in [-0.1, -0.05) is 12.1 Å². The summed E-state index contributed by atoms with van der Waals surface area (Å²) < 4.78 is 1.95. The van der Waals surface area contributed by atoms with Gasteiger partial charge in [-0.3, -0.25) is 4.79 Å². The van der Waals surface area contributed by atoms with Crippen molar-refractivity contribution in [3.8, 4) is 0 Å². The van der Waals surface area contributed by atoms with Crippen molar-refractivity contribution in [3.05, 3.63) is 30.6 Å². The molecule has 1 aromatic carbocycles. The lowest BCUT2D eigenvalue weighted by Crippen LogP contribution is -2.27. The zero-order chi connectivity index (χ0) is 12.1. The lowest BCUT2D eigenvalue weighted by atomic mass is 10.3. The Morgan fingerprint density at radius 2 is 2.24 bits per heavy atom. The van der Waals surface area contributed by atoms with E-state index in [4.69, 9.17) is 5.11 Å². The van der Waals surface area contributed by atoms with E-state index < -0.39 is 0 Å². The minimum atomic E-state index is -0.0585. The Labute approximate surface area is 99.1 Å². The number of para-hydroxylation sites is 2. The van der Waals surface area contributed by atoms with Gasteiger partial charge in [0.1, 0.15) is 0 Å². The van der Waals surface area contributed by atoms with E-state index in [1.807, 2.05) is 28.8 Å². The fraction of sp³-hybridized carbons (Fsp3) is 0.333. The average molecular weight is 233 g/mol. The molecule has 5 nitrogen and oxygen atoms in total. The van der Waals surface area contributed by atoms with E-state index in [1.165, 1.54) is 0 Å². The molecule has 0 aliphatic heterocycles. The van der Waals surface area contributed by atoms with Gasteiger partial charge >= 0.3 is 0 Å². The Morgan fingerprint density at radius 3 is 3.06 bits per heavy atom. The van der Waals surface area contributed by atoms with Gasteiger partial charge in [0.05, 0.1) is 24.0 Å². The molecule has 0 aliphatic rings. The molecule has 0 bridgehead atoms. The molecule has 0 spiro atoms. The summed E-state index contributed by atoms with van der Waals surface area (Å²) in [6, 6.07) is 7.81.